The maximum absolute atomic E-state index is 12.8. The zero-order valence-electron chi connectivity index (χ0n) is 7.66. The molecule has 0 atom stereocenters. The monoisotopic (exact) mass is 195 g/mol. The lowest BCUT2D eigenvalue weighted by atomic mass is 10.2. The molecule has 4 heteroatoms. The molecule has 74 valence electrons. The van der Waals surface area contributed by atoms with E-state index in [0.29, 0.717) is 11.3 Å². The van der Waals surface area contributed by atoms with Gasteiger partial charge in [-0.25, -0.2) is 4.39 Å². The molecular formula is C10H10FNO2. The summed E-state index contributed by atoms with van der Waals surface area (Å²) in [5.74, 6) is -0.491. The summed E-state index contributed by atoms with van der Waals surface area (Å²) >= 11 is 0. The molecule has 0 aliphatic carbocycles. The highest BCUT2D eigenvalue weighted by atomic mass is 19.1. The van der Waals surface area contributed by atoms with Gasteiger partial charge in [-0.2, -0.15) is 0 Å². The molecule has 1 aromatic rings. The minimum absolute atomic E-state index is 0.394. The van der Waals surface area contributed by atoms with E-state index in [0.717, 1.165) is 6.08 Å². The topological polar surface area (TPSA) is 52.3 Å². The molecule has 0 unspecified atom stereocenters. The third-order valence-corrected chi connectivity index (χ3v) is 1.62. The number of halogens is 1. The van der Waals surface area contributed by atoms with Crippen LogP contribution in [0.25, 0.3) is 6.08 Å². The quantitative estimate of drug-likeness (QED) is 0.740. The highest BCUT2D eigenvalue weighted by molar-refractivity contribution is 5.90. The number of nitrogens with two attached hydrogens (primary N) is 1. The van der Waals surface area contributed by atoms with Gasteiger partial charge in [-0.1, -0.05) is 0 Å². The zero-order valence-corrected chi connectivity index (χ0v) is 7.66. The van der Waals surface area contributed by atoms with Crippen molar-refractivity contribution in [1.29, 1.82) is 0 Å². The van der Waals surface area contributed by atoms with Gasteiger partial charge >= 0.3 is 0 Å². The summed E-state index contributed by atoms with van der Waals surface area (Å²) < 4.78 is 17.8. The number of hydrogen-bond acceptors (Lipinski definition) is 2. The molecule has 2 N–H and O–H groups in total. The summed E-state index contributed by atoms with van der Waals surface area (Å²) in [5, 5.41) is 0. The first kappa shape index (κ1) is 10.2. The second-order valence-corrected chi connectivity index (χ2v) is 2.62. The van der Waals surface area contributed by atoms with Crippen LogP contribution in [0.1, 0.15) is 5.56 Å². The van der Waals surface area contributed by atoms with Crippen molar-refractivity contribution in [2.45, 2.75) is 0 Å². The van der Waals surface area contributed by atoms with Gasteiger partial charge in [-0.3, -0.25) is 4.79 Å². The van der Waals surface area contributed by atoms with Gasteiger partial charge in [0.25, 0.3) is 0 Å². The van der Waals surface area contributed by atoms with Gasteiger partial charge in [0.15, 0.2) is 0 Å². The Labute approximate surface area is 81.0 Å². The third kappa shape index (κ3) is 2.58. The van der Waals surface area contributed by atoms with Crippen LogP contribution in [-0.4, -0.2) is 13.0 Å². The summed E-state index contributed by atoms with van der Waals surface area (Å²) in [6.07, 6.45) is 2.56. The van der Waals surface area contributed by atoms with Crippen molar-refractivity contribution >= 4 is 12.0 Å². The number of benzene rings is 1. The van der Waals surface area contributed by atoms with Crippen molar-refractivity contribution in [3.8, 4) is 5.75 Å². The highest BCUT2D eigenvalue weighted by Crippen LogP contribution is 2.20. The number of hydrogen-bond donors (Lipinski definition) is 1. The second kappa shape index (κ2) is 4.41. The molecule has 0 radical (unpaired) electrons. The summed E-state index contributed by atoms with van der Waals surface area (Å²) in [6, 6.07) is 4.02. The lowest BCUT2D eigenvalue weighted by Gasteiger charge is -2.03. The lowest BCUT2D eigenvalue weighted by molar-refractivity contribution is -0.113. The molecule has 0 spiro atoms. The summed E-state index contributed by atoms with van der Waals surface area (Å²) in [5.41, 5.74) is 5.39. The van der Waals surface area contributed by atoms with Gasteiger partial charge in [0.1, 0.15) is 11.6 Å². The van der Waals surface area contributed by atoms with Gasteiger partial charge in [-0.15, -0.1) is 0 Å². The van der Waals surface area contributed by atoms with Gasteiger partial charge in [0.05, 0.1) is 7.11 Å². The Morgan fingerprint density at radius 1 is 1.57 bits per heavy atom. The van der Waals surface area contributed by atoms with E-state index in [9.17, 15) is 9.18 Å². The molecule has 0 aliphatic rings. The summed E-state index contributed by atoms with van der Waals surface area (Å²) in [6.45, 7) is 0. The number of methoxy groups -OCH3 is 1. The molecule has 0 aromatic heterocycles. The minimum Gasteiger partial charge on any atom is -0.496 e. The second-order valence-electron chi connectivity index (χ2n) is 2.62. The van der Waals surface area contributed by atoms with E-state index in [-0.39, 0.29) is 0 Å². The fourth-order valence-electron chi connectivity index (χ4n) is 1.01. The van der Waals surface area contributed by atoms with Crippen LogP contribution in [0.2, 0.25) is 0 Å². The molecule has 1 amide bonds. The number of carbonyl (C=O) groups excluding carboxylic acids is 1. The van der Waals surface area contributed by atoms with E-state index in [4.69, 9.17) is 10.5 Å². The van der Waals surface area contributed by atoms with Crippen molar-refractivity contribution < 1.29 is 13.9 Å². The number of rotatable bonds is 3. The maximum Gasteiger partial charge on any atom is 0.241 e. The van der Waals surface area contributed by atoms with Gasteiger partial charge in [-0.05, 0) is 24.3 Å². The van der Waals surface area contributed by atoms with Crippen molar-refractivity contribution in [3.63, 3.8) is 0 Å². The molecular weight excluding hydrogens is 185 g/mol. The van der Waals surface area contributed by atoms with Crippen LogP contribution in [0.4, 0.5) is 4.39 Å². The zero-order chi connectivity index (χ0) is 10.6. The Morgan fingerprint density at radius 2 is 2.29 bits per heavy atom. The SMILES string of the molecule is COc1ccc(F)cc1/C=C/C(N)=O. The summed E-state index contributed by atoms with van der Waals surface area (Å²) in [7, 11) is 1.47. The number of amides is 1. The molecule has 0 fully saturated rings. The van der Waals surface area contributed by atoms with Crippen LogP contribution in [0.5, 0.6) is 5.75 Å². The van der Waals surface area contributed by atoms with E-state index in [1.54, 1.807) is 0 Å². The fourth-order valence-corrected chi connectivity index (χ4v) is 1.01. The van der Waals surface area contributed by atoms with E-state index in [2.05, 4.69) is 0 Å². The van der Waals surface area contributed by atoms with E-state index in [1.807, 2.05) is 0 Å². The first-order chi connectivity index (χ1) is 6.63. The Kier molecular flexibility index (Phi) is 3.23. The largest absolute Gasteiger partial charge is 0.496 e. The standard InChI is InChI=1S/C10H10FNO2/c1-14-9-4-3-8(11)6-7(9)2-5-10(12)13/h2-6H,1H3,(H2,12,13)/b5-2+. The summed E-state index contributed by atoms with van der Waals surface area (Å²) in [4.78, 5) is 10.5. The molecule has 14 heavy (non-hydrogen) atoms. The van der Waals surface area contributed by atoms with Crippen molar-refractivity contribution in [1.82, 2.24) is 0 Å². The first-order valence-electron chi connectivity index (χ1n) is 3.94. The fraction of sp³-hybridized carbons (Fsp3) is 0.100. The van der Waals surface area contributed by atoms with Gasteiger partial charge in [0.2, 0.25) is 5.91 Å². The van der Waals surface area contributed by atoms with E-state index < -0.39 is 11.7 Å². The highest BCUT2D eigenvalue weighted by Gasteiger charge is 2.00. The minimum atomic E-state index is -0.587. The molecule has 3 nitrogen and oxygen atoms in total. The maximum atomic E-state index is 12.8. The smallest absolute Gasteiger partial charge is 0.241 e. The predicted molar refractivity (Wildman–Crippen MR) is 51.2 cm³/mol. The van der Waals surface area contributed by atoms with E-state index >= 15 is 0 Å². The molecule has 1 rings (SSSR count). The van der Waals surface area contributed by atoms with Crippen LogP contribution >= 0.6 is 0 Å². The Morgan fingerprint density at radius 3 is 2.86 bits per heavy atom. The van der Waals surface area contributed by atoms with Crippen molar-refractivity contribution in [2.24, 2.45) is 5.73 Å². The van der Waals surface area contributed by atoms with Gasteiger partial charge in [0, 0.05) is 11.6 Å². The van der Waals surface area contributed by atoms with Crippen LogP contribution < -0.4 is 10.5 Å². The number of carbonyl (C=O) groups is 1. The van der Waals surface area contributed by atoms with Gasteiger partial charge < -0.3 is 10.5 Å². The van der Waals surface area contributed by atoms with Crippen molar-refractivity contribution in [3.05, 3.63) is 35.7 Å². The van der Waals surface area contributed by atoms with Crippen LogP contribution in [0.3, 0.4) is 0 Å². The molecule has 0 bridgehead atoms. The number of primary amides is 1. The van der Waals surface area contributed by atoms with Crippen LogP contribution in [-0.2, 0) is 4.79 Å². The first-order valence-corrected chi connectivity index (χ1v) is 3.94. The average Bonchev–Trinajstić information content (AvgIpc) is 2.15. The molecule has 0 aliphatic heterocycles. The van der Waals surface area contributed by atoms with Crippen LogP contribution in [0, 0.1) is 5.82 Å². The number of ether oxygens (including phenoxy) is 1. The van der Waals surface area contributed by atoms with E-state index in [1.165, 1.54) is 31.4 Å². The Balaban J connectivity index is 3.04. The predicted octanol–water partition coefficient (Wildman–Crippen LogP) is 1.33. The molecule has 0 saturated carbocycles. The molecule has 0 saturated heterocycles. The Bertz CT molecular complexity index is 374. The molecule has 1 aromatic carbocycles. The van der Waals surface area contributed by atoms with Crippen LogP contribution in [0.15, 0.2) is 24.3 Å². The van der Waals surface area contributed by atoms with Crippen molar-refractivity contribution in [2.75, 3.05) is 7.11 Å². The molecule has 0 heterocycles. The normalized spacial score (nSPS) is 10.4. The Hall–Kier alpha value is -1.84. The average molecular weight is 195 g/mol. The third-order valence-electron chi connectivity index (χ3n) is 1.62. The lowest BCUT2D eigenvalue weighted by Crippen LogP contribution is -2.05.